The Hall–Kier alpha value is -0.820. The molecule has 0 amide bonds. The van der Waals surface area contributed by atoms with Crippen molar-refractivity contribution in [2.24, 2.45) is 11.6 Å². The molecule has 1 aliphatic heterocycles. The Labute approximate surface area is 96.5 Å². The zero-order chi connectivity index (χ0) is 11.8. The number of hydrogen-bond acceptors (Lipinski definition) is 6. The lowest BCUT2D eigenvalue weighted by Crippen LogP contribution is -2.37. The van der Waals surface area contributed by atoms with Gasteiger partial charge in [-0.3, -0.25) is 0 Å². The van der Waals surface area contributed by atoms with Gasteiger partial charge < -0.3 is 25.5 Å². The van der Waals surface area contributed by atoms with Crippen molar-refractivity contribution in [1.29, 1.82) is 0 Å². The van der Waals surface area contributed by atoms with Gasteiger partial charge in [0.05, 0.1) is 25.5 Å². The van der Waals surface area contributed by atoms with Crippen LogP contribution in [0, 0.1) is 0 Å². The molecule has 0 radical (unpaired) electrons. The van der Waals surface area contributed by atoms with Crippen LogP contribution in [0.3, 0.4) is 0 Å². The number of hydrogen-bond donors (Lipinski definition) is 3. The van der Waals surface area contributed by atoms with Crippen LogP contribution in [0.2, 0.25) is 0 Å². The molecule has 0 aromatic heterocycles. The lowest BCUT2D eigenvalue weighted by atomic mass is 10.3. The molecule has 0 atom stereocenters. The van der Waals surface area contributed by atoms with E-state index in [9.17, 15) is 0 Å². The molecule has 0 aromatic carbocycles. The average Bonchev–Trinajstić information content (AvgIpc) is 2.15. The van der Waals surface area contributed by atoms with E-state index in [1.165, 1.54) is 0 Å². The second-order valence-corrected chi connectivity index (χ2v) is 3.87. The molecule has 1 saturated heterocycles. The molecule has 1 aliphatic rings. The van der Waals surface area contributed by atoms with Crippen LogP contribution in [0.4, 0.5) is 0 Å². The molecule has 0 aromatic rings. The molecule has 6 heteroatoms. The van der Waals surface area contributed by atoms with E-state index < -0.39 is 0 Å². The maximum absolute atomic E-state index is 5.76. The Morgan fingerprint density at radius 1 is 1.62 bits per heavy atom. The second-order valence-electron chi connectivity index (χ2n) is 3.87. The SMILES string of the molecule is CNCCCN(N)/C=C(\N)COC1COC1. The quantitative estimate of drug-likeness (QED) is 0.281. The first-order valence-electron chi connectivity index (χ1n) is 5.54. The van der Waals surface area contributed by atoms with Crippen molar-refractivity contribution in [1.82, 2.24) is 10.3 Å². The van der Waals surface area contributed by atoms with E-state index in [1.807, 2.05) is 7.05 Å². The predicted octanol–water partition coefficient (Wildman–Crippen LogP) is -1.01. The van der Waals surface area contributed by atoms with Gasteiger partial charge in [0.2, 0.25) is 0 Å². The first kappa shape index (κ1) is 13.2. The van der Waals surface area contributed by atoms with Gasteiger partial charge in [-0.15, -0.1) is 0 Å². The van der Waals surface area contributed by atoms with Crippen LogP contribution in [0.15, 0.2) is 11.9 Å². The Bertz CT molecular complexity index is 219. The smallest absolute Gasteiger partial charge is 0.105 e. The summed E-state index contributed by atoms with van der Waals surface area (Å²) in [6, 6.07) is 0. The highest BCUT2D eigenvalue weighted by Gasteiger charge is 2.18. The van der Waals surface area contributed by atoms with Crippen LogP contribution in [-0.4, -0.2) is 51.1 Å². The molecule has 5 N–H and O–H groups in total. The van der Waals surface area contributed by atoms with Crippen molar-refractivity contribution in [3.8, 4) is 0 Å². The van der Waals surface area contributed by atoms with Crippen molar-refractivity contribution in [3.05, 3.63) is 11.9 Å². The first-order valence-corrected chi connectivity index (χ1v) is 5.54. The minimum Gasteiger partial charge on any atom is -0.399 e. The van der Waals surface area contributed by atoms with Crippen LogP contribution in [-0.2, 0) is 9.47 Å². The number of nitrogens with one attached hydrogen (secondary N) is 1. The fourth-order valence-electron chi connectivity index (χ4n) is 1.28. The Kier molecular flexibility index (Phi) is 6.17. The molecular formula is C10H22N4O2. The van der Waals surface area contributed by atoms with Crippen molar-refractivity contribution in [2.45, 2.75) is 12.5 Å². The van der Waals surface area contributed by atoms with Gasteiger partial charge in [-0.1, -0.05) is 0 Å². The molecular weight excluding hydrogens is 208 g/mol. The van der Waals surface area contributed by atoms with E-state index in [1.54, 1.807) is 11.2 Å². The largest absolute Gasteiger partial charge is 0.399 e. The summed E-state index contributed by atoms with van der Waals surface area (Å²) >= 11 is 0. The highest BCUT2D eigenvalue weighted by atomic mass is 16.6. The Morgan fingerprint density at radius 2 is 2.38 bits per heavy atom. The van der Waals surface area contributed by atoms with Gasteiger partial charge in [0.15, 0.2) is 0 Å². The lowest BCUT2D eigenvalue weighted by Gasteiger charge is -2.26. The van der Waals surface area contributed by atoms with Crippen molar-refractivity contribution >= 4 is 0 Å². The Morgan fingerprint density at radius 3 is 2.94 bits per heavy atom. The van der Waals surface area contributed by atoms with E-state index in [4.69, 9.17) is 21.1 Å². The molecule has 1 heterocycles. The van der Waals surface area contributed by atoms with E-state index in [2.05, 4.69) is 5.32 Å². The minimum atomic E-state index is 0.197. The molecule has 0 unspecified atom stereocenters. The van der Waals surface area contributed by atoms with Crippen molar-refractivity contribution in [2.75, 3.05) is 40.0 Å². The van der Waals surface area contributed by atoms with Gasteiger partial charge in [-0.25, -0.2) is 5.84 Å². The molecule has 94 valence electrons. The van der Waals surface area contributed by atoms with Crippen molar-refractivity contribution < 1.29 is 9.47 Å². The van der Waals surface area contributed by atoms with Gasteiger partial charge in [0.25, 0.3) is 0 Å². The molecule has 0 saturated carbocycles. The molecule has 16 heavy (non-hydrogen) atoms. The van der Waals surface area contributed by atoms with Crippen LogP contribution >= 0.6 is 0 Å². The number of ether oxygens (including phenoxy) is 2. The highest BCUT2D eigenvalue weighted by molar-refractivity contribution is 4.95. The maximum Gasteiger partial charge on any atom is 0.105 e. The summed E-state index contributed by atoms with van der Waals surface area (Å²) in [4.78, 5) is 0. The lowest BCUT2D eigenvalue weighted by molar-refractivity contribution is -0.124. The van der Waals surface area contributed by atoms with E-state index >= 15 is 0 Å². The van der Waals surface area contributed by atoms with Crippen LogP contribution in [0.25, 0.3) is 0 Å². The molecule has 6 nitrogen and oxygen atoms in total. The monoisotopic (exact) mass is 230 g/mol. The van der Waals surface area contributed by atoms with Crippen LogP contribution in [0.5, 0.6) is 0 Å². The standard InChI is InChI=1S/C10H22N4O2/c1-13-3-2-4-14(12)5-9(11)6-16-10-7-15-8-10/h5,10,13H,2-4,6-8,11-12H2,1H3/b9-5-. The highest BCUT2D eigenvalue weighted by Crippen LogP contribution is 2.05. The predicted molar refractivity (Wildman–Crippen MR) is 62.3 cm³/mol. The summed E-state index contributed by atoms with van der Waals surface area (Å²) in [6.07, 6.45) is 2.89. The third-order valence-corrected chi connectivity index (χ3v) is 2.27. The number of hydrazine groups is 1. The normalized spacial score (nSPS) is 17.2. The second kappa shape index (κ2) is 7.45. The summed E-state index contributed by atoms with van der Waals surface area (Å²) in [5, 5.41) is 4.65. The van der Waals surface area contributed by atoms with Crippen LogP contribution < -0.4 is 16.9 Å². The molecule has 0 bridgehead atoms. The van der Waals surface area contributed by atoms with Crippen LogP contribution in [0.1, 0.15) is 6.42 Å². The fourth-order valence-corrected chi connectivity index (χ4v) is 1.28. The third kappa shape index (κ3) is 5.32. The zero-order valence-corrected chi connectivity index (χ0v) is 9.82. The average molecular weight is 230 g/mol. The number of nitrogens with zero attached hydrogens (tertiary/aromatic N) is 1. The fraction of sp³-hybridized carbons (Fsp3) is 0.800. The molecule has 1 fully saturated rings. The van der Waals surface area contributed by atoms with Gasteiger partial charge in [0.1, 0.15) is 6.10 Å². The van der Waals surface area contributed by atoms with E-state index in [-0.39, 0.29) is 6.10 Å². The summed E-state index contributed by atoms with van der Waals surface area (Å²) in [7, 11) is 1.92. The van der Waals surface area contributed by atoms with Gasteiger partial charge in [-0.2, -0.15) is 0 Å². The zero-order valence-electron chi connectivity index (χ0n) is 9.82. The summed E-state index contributed by atoms with van der Waals surface area (Å²) in [5.74, 6) is 5.74. The summed E-state index contributed by atoms with van der Waals surface area (Å²) in [6.45, 7) is 3.46. The van der Waals surface area contributed by atoms with E-state index in [0.717, 1.165) is 19.5 Å². The minimum absolute atomic E-state index is 0.197. The summed E-state index contributed by atoms with van der Waals surface area (Å²) in [5.41, 5.74) is 6.40. The van der Waals surface area contributed by atoms with Gasteiger partial charge in [-0.05, 0) is 20.0 Å². The summed E-state index contributed by atoms with van der Waals surface area (Å²) < 4.78 is 10.4. The maximum atomic E-state index is 5.76. The van der Waals surface area contributed by atoms with Gasteiger partial charge in [0, 0.05) is 12.7 Å². The Balaban J connectivity index is 2.09. The molecule has 0 aliphatic carbocycles. The number of nitrogens with two attached hydrogens (primary N) is 2. The van der Waals surface area contributed by atoms with E-state index in [0.29, 0.717) is 25.5 Å². The number of rotatable bonds is 8. The van der Waals surface area contributed by atoms with Crippen molar-refractivity contribution in [3.63, 3.8) is 0 Å². The topological polar surface area (TPSA) is 85.8 Å². The molecule has 1 rings (SSSR count). The van der Waals surface area contributed by atoms with Gasteiger partial charge >= 0.3 is 0 Å². The third-order valence-electron chi connectivity index (χ3n) is 2.27. The molecule has 0 spiro atoms. The first-order chi connectivity index (χ1) is 7.72.